The quantitative estimate of drug-likeness (QED) is 0.340. The Hall–Kier alpha value is -0.250. The average Bonchev–Trinajstić information content (AvgIpc) is 1.87. The summed E-state index contributed by atoms with van der Waals surface area (Å²) in [6, 6.07) is 0. The fourth-order valence-electron chi connectivity index (χ4n) is 0.488. The van der Waals surface area contributed by atoms with Gasteiger partial charge in [-0.1, -0.05) is 13.3 Å². The highest BCUT2D eigenvalue weighted by Crippen LogP contribution is 2.02. The Balaban J connectivity index is 2.84. The molecule has 0 aliphatic carbocycles. The molecule has 0 aromatic rings. The summed E-state index contributed by atoms with van der Waals surface area (Å²) in [6.45, 7) is 2.22. The van der Waals surface area contributed by atoms with E-state index < -0.39 is 0 Å². The number of rotatable bonds is 6. The van der Waals surface area contributed by atoms with E-state index >= 15 is 0 Å². The van der Waals surface area contributed by atoms with Crippen molar-refractivity contribution in [3.05, 3.63) is 10.1 Å². The smallest absolute Gasteiger partial charge is 0.212 e. The highest BCUT2D eigenvalue weighted by molar-refractivity contribution is 7.99. The van der Waals surface area contributed by atoms with Gasteiger partial charge in [0.2, 0.25) is 6.54 Å². The van der Waals surface area contributed by atoms with Crippen molar-refractivity contribution in [2.45, 2.75) is 19.8 Å². The molecule has 0 bridgehead atoms. The first-order chi connectivity index (χ1) is 4.77. The van der Waals surface area contributed by atoms with Gasteiger partial charge in [-0.25, -0.2) is 0 Å². The van der Waals surface area contributed by atoms with E-state index in [0.717, 1.165) is 5.75 Å². The summed E-state index contributed by atoms with van der Waals surface area (Å²) in [6.07, 6.45) is 2.34. The molecule has 0 radical (unpaired) electrons. The van der Waals surface area contributed by atoms with Gasteiger partial charge in [0.25, 0.3) is 0 Å². The standard InChI is InChI=1S/C6H13NO2S/c1-2-3-5-10-6-4-7(8)9/h2-6H2,1H3. The Kier molecular flexibility index (Phi) is 6.69. The lowest BCUT2D eigenvalue weighted by Crippen LogP contribution is -2.03. The lowest BCUT2D eigenvalue weighted by atomic mass is 10.4. The predicted molar refractivity (Wildman–Crippen MR) is 44.1 cm³/mol. The van der Waals surface area contributed by atoms with Crippen molar-refractivity contribution in [3.8, 4) is 0 Å². The molecule has 60 valence electrons. The Morgan fingerprint density at radius 3 is 2.70 bits per heavy atom. The van der Waals surface area contributed by atoms with E-state index in [9.17, 15) is 10.1 Å². The van der Waals surface area contributed by atoms with E-state index in [0.29, 0.717) is 5.75 Å². The number of hydrogen-bond donors (Lipinski definition) is 0. The summed E-state index contributed by atoms with van der Waals surface area (Å²) in [7, 11) is 0. The van der Waals surface area contributed by atoms with Gasteiger partial charge < -0.3 is 0 Å². The molecule has 0 N–H and O–H groups in total. The lowest BCUT2D eigenvalue weighted by molar-refractivity contribution is -0.474. The topological polar surface area (TPSA) is 43.1 Å². The molecule has 0 saturated heterocycles. The van der Waals surface area contributed by atoms with Crippen molar-refractivity contribution < 1.29 is 4.92 Å². The summed E-state index contributed by atoms with van der Waals surface area (Å²) >= 11 is 1.66. The molecule has 0 rings (SSSR count). The van der Waals surface area contributed by atoms with Crippen molar-refractivity contribution in [2.75, 3.05) is 18.1 Å². The second kappa shape index (κ2) is 6.86. The van der Waals surface area contributed by atoms with E-state index in [1.165, 1.54) is 12.8 Å². The van der Waals surface area contributed by atoms with Crippen LogP contribution >= 0.6 is 11.8 Å². The van der Waals surface area contributed by atoms with E-state index in [4.69, 9.17) is 0 Å². The van der Waals surface area contributed by atoms with Crippen molar-refractivity contribution >= 4 is 11.8 Å². The van der Waals surface area contributed by atoms with E-state index in [1.807, 2.05) is 0 Å². The molecule has 3 nitrogen and oxygen atoms in total. The Labute approximate surface area is 65.3 Å². The fraction of sp³-hybridized carbons (Fsp3) is 1.00. The van der Waals surface area contributed by atoms with Gasteiger partial charge in [0.05, 0.1) is 5.75 Å². The minimum Gasteiger partial charge on any atom is -0.265 e. The van der Waals surface area contributed by atoms with Crippen LogP contribution in [-0.2, 0) is 0 Å². The monoisotopic (exact) mass is 163 g/mol. The first-order valence-corrected chi connectivity index (χ1v) is 4.62. The molecule has 0 fully saturated rings. The highest BCUT2D eigenvalue weighted by atomic mass is 32.2. The number of unbranched alkanes of at least 4 members (excludes halogenated alkanes) is 1. The van der Waals surface area contributed by atoms with Crippen LogP contribution in [0.5, 0.6) is 0 Å². The van der Waals surface area contributed by atoms with Crippen LogP contribution in [0.25, 0.3) is 0 Å². The number of nitrogens with zero attached hydrogens (tertiary/aromatic N) is 1. The Bertz CT molecular complexity index is 97.7. The fourth-order valence-corrected chi connectivity index (χ4v) is 1.46. The van der Waals surface area contributed by atoms with E-state index in [2.05, 4.69) is 6.92 Å². The van der Waals surface area contributed by atoms with Crippen LogP contribution in [0.3, 0.4) is 0 Å². The number of hydrogen-bond acceptors (Lipinski definition) is 3. The molecule has 0 spiro atoms. The molecule has 0 aromatic heterocycles. The molecule has 0 aliphatic rings. The number of nitro groups is 1. The summed E-state index contributed by atoms with van der Waals surface area (Å²) in [5.41, 5.74) is 0. The number of thioether (sulfide) groups is 1. The third-order valence-electron chi connectivity index (χ3n) is 1.06. The second-order valence-corrected chi connectivity index (χ2v) is 3.25. The molecule has 0 amide bonds. The maximum Gasteiger partial charge on any atom is 0.212 e. The third-order valence-corrected chi connectivity index (χ3v) is 2.11. The largest absolute Gasteiger partial charge is 0.265 e. The normalized spacial score (nSPS) is 9.70. The van der Waals surface area contributed by atoms with E-state index in [1.54, 1.807) is 11.8 Å². The van der Waals surface area contributed by atoms with Crippen LogP contribution in [0.2, 0.25) is 0 Å². The van der Waals surface area contributed by atoms with Crippen molar-refractivity contribution in [3.63, 3.8) is 0 Å². The Morgan fingerprint density at radius 1 is 1.50 bits per heavy atom. The first kappa shape index (κ1) is 9.75. The zero-order chi connectivity index (χ0) is 7.82. The maximum absolute atomic E-state index is 9.82. The van der Waals surface area contributed by atoms with Gasteiger partial charge >= 0.3 is 0 Å². The zero-order valence-electron chi connectivity index (χ0n) is 6.21. The van der Waals surface area contributed by atoms with Crippen molar-refractivity contribution in [1.82, 2.24) is 0 Å². The molecule has 10 heavy (non-hydrogen) atoms. The molecule has 0 atom stereocenters. The van der Waals surface area contributed by atoms with Gasteiger partial charge in [-0.3, -0.25) is 10.1 Å². The molecule has 0 aliphatic heterocycles. The van der Waals surface area contributed by atoms with Crippen LogP contribution in [0, 0.1) is 10.1 Å². The summed E-state index contributed by atoms with van der Waals surface area (Å²) in [5, 5.41) is 9.82. The lowest BCUT2D eigenvalue weighted by Gasteiger charge is -1.94. The van der Waals surface area contributed by atoms with Gasteiger partial charge in [0.1, 0.15) is 0 Å². The minimum atomic E-state index is -0.265. The minimum absolute atomic E-state index is 0.106. The molecule has 0 heterocycles. The predicted octanol–water partition coefficient (Wildman–Crippen LogP) is 1.80. The van der Waals surface area contributed by atoms with E-state index in [-0.39, 0.29) is 11.5 Å². The SMILES string of the molecule is CCCCSCC[N+](=O)[O-]. The molecule has 0 unspecified atom stereocenters. The van der Waals surface area contributed by atoms with Gasteiger partial charge in [0.15, 0.2) is 0 Å². The molecular formula is C6H13NO2S. The van der Waals surface area contributed by atoms with Gasteiger partial charge in [-0.05, 0) is 12.2 Å². The average molecular weight is 163 g/mol. The molecular weight excluding hydrogens is 150 g/mol. The van der Waals surface area contributed by atoms with Crippen LogP contribution < -0.4 is 0 Å². The third kappa shape index (κ3) is 7.75. The zero-order valence-corrected chi connectivity index (χ0v) is 7.02. The second-order valence-electron chi connectivity index (χ2n) is 2.02. The van der Waals surface area contributed by atoms with Crippen molar-refractivity contribution in [1.29, 1.82) is 0 Å². The van der Waals surface area contributed by atoms with Gasteiger partial charge in [-0.2, -0.15) is 11.8 Å². The molecule has 0 saturated carbocycles. The van der Waals surface area contributed by atoms with Crippen LogP contribution in [0.4, 0.5) is 0 Å². The molecule has 0 aromatic carbocycles. The molecule has 4 heteroatoms. The summed E-state index contributed by atoms with van der Waals surface area (Å²) in [4.78, 5) is 9.56. The maximum atomic E-state index is 9.82. The van der Waals surface area contributed by atoms with Gasteiger partial charge in [-0.15, -0.1) is 0 Å². The van der Waals surface area contributed by atoms with Crippen LogP contribution in [0.15, 0.2) is 0 Å². The van der Waals surface area contributed by atoms with Crippen molar-refractivity contribution in [2.24, 2.45) is 0 Å². The first-order valence-electron chi connectivity index (χ1n) is 3.47. The Morgan fingerprint density at radius 2 is 2.20 bits per heavy atom. The highest BCUT2D eigenvalue weighted by Gasteiger charge is 1.95. The van der Waals surface area contributed by atoms with Crippen LogP contribution in [-0.4, -0.2) is 23.0 Å². The van der Waals surface area contributed by atoms with Gasteiger partial charge in [0, 0.05) is 4.92 Å². The van der Waals surface area contributed by atoms with Crippen LogP contribution in [0.1, 0.15) is 19.8 Å². The summed E-state index contributed by atoms with van der Waals surface area (Å²) < 4.78 is 0. The summed E-state index contributed by atoms with van der Waals surface area (Å²) in [5.74, 6) is 1.72.